The number of aliphatic hydroxyl groups is 1. The van der Waals surface area contributed by atoms with Gasteiger partial charge in [-0.3, -0.25) is 0 Å². The molecule has 0 bridgehead atoms. The maximum atomic E-state index is 10.0. The minimum Gasteiger partial charge on any atom is -0.388 e. The van der Waals surface area contributed by atoms with Gasteiger partial charge in [0.15, 0.2) is 0 Å². The Balaban J connectivity index is 2.35. The smallest absolute Gasteiger partial charge is 0.0814 e. The van der Waals surface area contributed by atoms with Gasteiger partial charge < -0.3 is 5.11 Å². The molecular formula is C13H12OS. The molecule has 0 unspecified atom stereocenters. The summed E-state index contributed by atoms with van der Waals surface area (Å²) in [6, 6.07) is 12.5. The van der Waals surface area contributed by atoms with Crippen molar-refractivity contribution in [1.29, 1.82) is 0 Å². The Hall–Kier alpha value is -0.990. The van der Waals surface area contributed by atoms with Gasteiger partial charge in [0.25, 0.3) is 0 Å². The first kappa shape index (κ1) is 9.25. The third-order valence-corrected chi connectivity index (χ3v) is 4.02. The van der Waals surface area contributed by atoms with E-state index in [1.807, 2.05) is 23.9 Å². The van der Waals surface area contributed by atoms with Gasteiger partial charge in [0.2, 0.25) is 0 Å². The molecule has 1 aliphatic heterocycles. The standard InChI is InChI=1S/C13H12OS/c14-11-7-8-15-12-6-5-9-3-1-2-4-10(9)13(11)12/h1-6,11,14H,7-8H2/t11-/m1/s1. The fraction of sp³-hybridized carbons (Fsp3) is 0.231. The Morgan fingerprint density at radius 1 is 1.13 bits per heavy atom. The molecule has 76 valence electrons. The van der Waals surface area contributed by atoms with E-state index in [4.69, 9.17) is 0 Å². The molecule has 1 N–H and O–H groups in total. The van der Waals surface area contributed by atoms with Crippen molar-refractivity contribution in [3.05, 3.63) is 42.0 Å². The molecule has 3 rings (SSSR count). The van der Waals surface area contributed by atoms with Crippen LogP contribution >= 0.6 is 11.8 Å². The lowest BCUT2D eigenvalue weighted by Crippen LogP contribution is -2.06. The molecule has 1 aliphatic rings. The average Bonchev–Trinajstić information content (AvgIpc) is 2.29. The third kappa shape index (κ3) is 1.45. The van der Waals surface area contributed by atoms with Gasteiger partial charge in [-0.25, -0.2) is 0 Å². The summed E-state index contributed by atoms with van der Waals surface area (Å²) < 4.78 is 0. The Bertz CT molecular complexity index is 507. The number of thioether (sulfide) groups is 1. The predicted octanol–water partition coefficient (Wildman–Crippen LogP) is 3.37. The van der Waals surface area contributed by atoms with Gasteiger partial charge in [-0.15, -0.1) is 11.8 Å². The van der Waals surface area contributed by atoms with Crippen molar-refractivity contribution < 1.29 is 5.11 Å². The zero-order valence-corrected chi connectivity index (χ0v) is 9.13. The Kier molecular flexibility index (Phi) is 2.19. The maximum Gasteiger partial charge on any atom is 0.0814 e. The Morgan fingerprint density at radius 3 is 2.93 bits per heavy atom. The summed E-state index contributed by atoms with van der Waals surface area (Å²) in [4.78, 5) is 1.24. The quantitative estimate of drug-likeness (QED) is 0.728. The molecule has 1 nitrogen and oxygen atoms in total. The summed E-state index contributed by atoms with van der Waals surface area (Å²) in [6.07, 6.45) is 0.582. The monoisotopic (exact) mass is 216 g/mol. The van der Waals surface area contributed by atoms with E-state index < -0.39 is 0 Å². The van der Waals surface area contributed by atoms with E-state index in [0.717, 1.165) is 17.7 Å². The summed E-state index contributed by atoms with van der Waals surface area (Å²) in [7, 11) is 0. The highest BCUT2D eigenvalue weighted by atomic mass is 32.2. The van der Waals surface area contributed by atoms with Crippen LogP contribution in [-0.2, 0) is 0 Å². The van der Waals surface area contributed by atoms with Gasteiger partial charge in [-0.05, 0) is 23.3 Å². The number of hydrogen-bond acceptors (Lipinski definition) is 2. The van der Waals surface area contributed by atoms with Crippen molar-refractivity contribution in [2.45, 2.75) is 17.4 Å². The zero-order chi connectivity index (χ0) is 10.3. The lowest BCUT2D eigenvalue weighted by Gasteiger charge is -2.22. The molecule has 2 aromatic carbocycles. The van der Waals surface area contributed by atoms with Gasteiger partial charge in [0, 0.05) is 16.2 Å². The van der Waals surface area contributed by atoms with Crippen molar-refractivity contribution in [3.63, 3.8) is 0 Å². The molecule has 1 atom stereocenters. The fourth-order valence-electron chi connectivity index (χ4n) is 2.17. The van der Waals surface area contributed by atoms with E-state index in [2.05, 4.69) is 24.3 Å². The summed E-state index contributed by atoms with van der Waals surface area (Å²) >= 11 is 1.85. The summed E-state index contributed by atoms with van der Waals surface area (Å²) in [5.41, 5.74) is 1.13. The second-order valence-corrected chi connectivity index (χ2v) is 4.99. The van der Waals surface area contributed by atoms with E-state index in [1.165, 1.54) is 15.7 Å². The van der Waals surface area contributed by atoms with Crippen LogP contribution in [0.1, 0.15) is 18.1 Å². The van der Waals surface area contributed by atoms with E-state index in [-0.39, 0.29) is 6.10 Å². The maximum absolute atomic E-state index is 10.0. The fourth-order valence-corrected chi connectivity index (χ4v) is 3.30. The van der Waals surface area contributed by atoms with Crippen LogP contribution in [-0.4, -0.2) is 10.9 Å². The van der Waals surface area contributed by atoms with Gasteiger partial charge in [-0.1, -0.05) is 30.3 Å². The topological polar surface area (TPSA) is 20.2 Å². The van der Waals surface area contributed by atoms with Crippen LogP contribution in [0.4, 0.5) is 0 Å². The third-order valence-electron chi connectivity index (χ3n) is 2.91. The van der Waals surface area contributed by atoms with E-state index in [0.29, 0.717) is 0 Å². The molecule has 0 spiro atoms. The first-order chi connectivity index (χ1) is 7.36. The minimum atomic E-state index is -0.285. The Labute approximate surface area is 93.1 Å². The second kappa shape index (κ2) is 3.54. The lowest BCUT2D eigenvalue weighted by atomic mass is 9.98. The van der Waals surface area contributed by atoms with Crippen molar-refractivity contribution in [1.82, 2.24) is 0 Å². The summed E-state index contributed by atoms with van der Waals surface area (Å²) in [6.45, 7) is 0. The molecule has 0 amide bonds. The van der Waals surface area contributed by atoms with Crippen LogP contribution in [0, 0.1) is 0 Å². The molecule has 0 saturated heterocycles. The molecule has 1 heterocycles. The van der Waals surface area contributed by atoms with Crippen LogP contribution in [0.25, 0.3) is 10.8 Å². The number of rotatable bonds is 0. The van der Waals surface area contributed by atoms with Gasteiger partial charge in [-0.2, -0.15) is 0 Å². The zero-order valence-electron chi connectivity index (χ0n) is 8.31. The number of aliphatic hydroxyl groups excluding tert-OH is 1. The van der Waals surface area contributed by atoms with Gasteiger partial charge in [0.05, 0.1) is 6.10 Å². The first-order valence-electron chi connectivity index (χ1n) is 5.19. The lowest BCUT2D eigenvalue weighted by molar-refractivity contribution is 0.172. The molecule has 0 aromatic heterocycles. The highest BCUT2D eigenvalue weighted by Crippen LogP contribution is 2.40. The predicted molar refractivity (Wildman–Crippen MR) is 64.2 cm³/mol. The van der Waals surface area contributed by atoms with Gasteiger partial charge in [0.1, 0.15) is 0 Å². The molecule has 0 radical (unpaired) electrons. The molecule has 0 saturated carbocycles. The SMILES string of the molecule is O[C@@H]1CCSc2ccc3ccccc3c21. The molecule has 15 heavy (non-hydrogen) atoms. The summed E-state index contributed by atoms with van der Waals surface area (Å²) in [5.74, 6) is 1.02. The molecule has 0 aliphatic carbocycles. The van der Waals surface area contributed by atoms with E-state index in [1.54, 1.807) is 0 Å². The number of fused-ring (bicyclic) bond motifs is 3. The molecule has 0 fully saturated rings. The normalized spacial score (nSPS) is 20.2. The van der Waals surface area contributed by atoms with Crippen LogP contribution in [0.3, 0.4) is 0 Å². The van der Waals surface area contributed by atoms with Gasteiger partial charge >= 0.3 is 0 Å². The van der Waals surface area contributed by atoms with E-state index in [9.17, 15) is 5.11 Å². The van der Waals surface area contributed by atoms with Crippen molar-refractivity contribution >= 4 is 22.5 Å². The first-order valence-corrected chi connectivity index (χ1v) is 6.17. The summed E-state index contributed by atoms with van der Waals surface area (Å²) in [5, 5.41) is 12.5. The highest BCUT2D eigenvalue weighted by Gasteiger charge is 2.20. The number of benzene rings is 2. The van der Waals surface area contributed by atoms with Crippen LogP contribution in [0.2, 0.25) is 0 Å². The van der Waals surface area contributed by atoms with Crippen LogP contribution < -0.4 is 0 Å². The number of hydrogen-bond donors (Lipinski definition) is 1. The average molecular weight is 216 g/mol. The highest BCUT2D eigenvalue weighted by molar-refractivity contribution is 7.99. The van der Waals surface area contributed by atoms with Crippen molar-refractivity contribution in [2.75, 3.05) is 5.75 Å². The second-order valence-electron chi connectivity index (χ2n) is 3.85. The molecular weight excluding hydrogens is 204 g/mol. The molecule has 2 aromatic rings. The van der Waals surface area contributed by atoms with Crippen molar-refractivity contribution in [3.8, 4) is 0 Å². The van der Waals surface area contributed by atoms with E-state index >= 15 is 0 Å². The minimum absolute atomic E-state index is 0.285. The largest absolute Gasteiger partial charge is 0.388 e. The van der Waals surface area contributed by atoms with Crippen LogP contribution in [0.15, 0.2) is 41.3 Å². The Morgan fingerprint density at radius 2 is 2.00 bits per heavy atom. The van der Waals surface area contributed by atoms with Crippen molar-refractivity contribution in [2.24, 2.45) is 0 Å². The van der Waals surface area contributed by atoms with Crippen LogP contribution in [0.5, 0.6) is 0 Å². The molecule has 2 heteroatoms.